The molecular weight excluding hydrogens is 180 g/mol. The molecule has 0 amide bonds. The summed E-state index contributed by atoms with van der Waals surface area (Å²) in [6.07, 6.45) is 4.42. The Balaban J connectivity index is 2.60. The van der Waals surface area contributed by atoms with Gasteiger partial charge in [-0.05, 0) is 54.8 Å². The molecule has 0 N–H and O–H groups in total. The molecule has 1 saturated carbocycles. The predicted octanol–water partition coefficient (Wildman–Crippen LogP) is 4.99. The minimum absolute atomic E-state index is 0.856. The van der Waals surface area contributed by atoms with E-state index in [-0.39, 0.29) is 0 Å². The zero-order chi connectivity index (χ0) is 11.6. The molecule has 90 valence electrons. The van der Waals surface area contributed by atoms with E-state index >= 15 is 0 Å². The maximum Gasteiger partial charge on any atom is -0.0355 e. The molecule has 0 aromatic carbocycles. The summed E-state index contributed by atoms with van der Waals surface area (Å²) in [6.45, 7) is 14.4. The summed E-state index contributed by atoms with van der Waals surface area (Å²) >= 11 is 0. The Bertz CT molecular complexity index is 180. The number of rotatable bonds is 4. The summed E-state index contributed by atoms with van der Waals surface area (Å²) in [5.74, 6) is 5.63. The van der Waals surface area contributed by atoms with E-state index in [9.17, 15) is 0 Å². The van der Waals surface area contributed by atoms with E-state index in [0.29, 0.717) is 0 Å². The third-order valence-corrected chi connectivity index (χ3v) is 4.49. The van der Waals surface area contributed by atoms with Crippen molar-refractivity contribution in [2.45, 2.75) is 60.8 Å². The summed E-state index contributed by atoms with van der Waals surface area (Å²) in [6, 6.07) is 0. The van der Waals surface area contributed by atoms with Crippen LogP contribution in [0.15, 0.2) is 0 Å². The molecule has 0 aliphatic heterocycles. The van der Waals surface area contributed by atoms with Gasteiger partial charge in [-0.3, -0.25) is 0 Å². The Morgan fingerprint density at radius 3 is 2.07 bits per heavy atom. The fourth-order valence-electron chi connectivity index (χ4n) is 3.46. The second-order valence-electron chi connectivity index (χ2n) is 6.73. The lowest BCUT2D eigenvalue weighted by molar-refractivity contribution is 0.200. The Morgan fingerprint density at radius 2 is 1.60 bits per heavy atom. The number of hydrogen-bond donors (Lipinski definition) is 0. The van der Waals surface area contributed by atoms with E-state index in [1.807, 2.05) is 0 Å². The van der Waals surface area contributed by atoms with E-state index in [1.54, 1.807) is 0 Å². The molecule has 1 fully saturated rings. The molecule has 0 spiro atoms. The summed E-state index contributed by atoms with van der Waals surface area (Å²) in [7, 11) is 0. The molecule has 0 saturated heterocycles. The van der Waals surface area contributed by atoms with Gasteiger partial charge in [0.25, 0.3) is 0 Å². The van der Waals surface area contributed by atoms with Gasteiger partial charge in [-0.1, -0.05) is 41.5 Å². The third-order valence-electron chi connectivity index (χ3n) is 4.49. The van der Waals surface area contributed by atoms with Crippen LogP contribution in [0.5, 0.6) is 0 Å². The first-order chi connectivity index (χ1) is 6.91. The van der Waals surface area contributed by atoms with Gasteiger partial charge < -0.3 is 0 Å². The molecule has 0 heteroatoms. The highest BCUT2D eigenvalue weighted by molar-refractivity contribution is 4.86. The van der Waals surface area contributed by atoms with Gasteiger partial charge in [0.05, 0.1) is 0 Å². The van der Waals surface area contributed by atoms with Crippen LogP contribution in [-0.4, -0.2) is 0 Å². The average Bonchev–Trinajstić information content (AvgIpc) is 2.44. The van der Waals surface area contributed by atoms with Gasteiger partial charge in [-0.15, -0.1) is 0 Å². The Kier molecular flexibility index (Phi) is 4.67. The summed E-state index contributed by atoms with van der Waals surface area (Å²) < 4.78 is 0. The van der Waals surface area contributed by atoms with Crippen LogP contribution in [0.3, 0.4) is 0 Å². The SMILES string of the molecule is CC(C)CC1C[C@H](C)CC1C(C)C(C)C. The third kappa shape index (κ3) is 3.50. The van der Waals surface area contributed by atoms with Gasteiger partial charge in [0, 0.05) is 0 Å². The smallest absolute Gasteiger partial charge is 0.0355 e. The standard InChI is InChI=1S/C15H30/c1-10(2)7-14-8-12(5)9-15(14)13(6)11(3)4/h10-15H,7-9H2,1-6H3/t12-,13?,14?,15?/m0/s1. The van der Waals surface area contributed by atoms with E-state index in [1.165, 1.54) is 19.3 Å². The highest BCUT2D eigenvalue weighted by Gasteiger charge is 2.36. The van der Waals surface area contributed by atoms with Gasteiger partial charge in [-0.2, -0.15) is 0 Å². The molecule has 4 atom stereocenters. The molecule has 0 bridgehead atoms. The van der Waals surface area contributed by atoms with Crippen molar-refractivity contribution in [1.29, 1.82) is 0 Å². The van der Waals surface area contributed by atoms with Gasteiger partial charge in [-0.25, -0.2) is 0 Å². The first kappa shape index (κ1) is 13.1. The Morgan fingerprint density at radius 1 is 1.00 bits per heavy atom. The second kappa shape index (κ2) is 5.37. The fraction of sp³-hybridized carbons (Fsp3) is 1.00. The minimum Gasteiger partial charge on any atom is -0.0628 e. The predicted molar refractivity (Wildman–Crippen MR) is 68.8 cm³/mol. The molecule has 3 unspecified atom stereocenters. The van der Waals surface area contributed by atoms with Crippen molar-refractivity contribution in [3.8, 4) is 0 Å². The van der Waals surface area contributed by atoms with Crippen molar-refractivity contribution in [2.24, 2.45) is 35.5 Å². The highest BCUT2D eigenvalue weighted by atomic mass is 14.4. The van der Waals surface area contributed by atoms with Crippen LogP contribution in [0.25, 0.3) is 0 Å². The normalized spacial score (nSPS) is 34.0. The van der Waals surface area contributed by atoms with Gasteiger partial charge in [0.1, 0.15) is 0 Å². The van der Waals surface area contributed by atoms with Crippen molar-refractivity contribution >= 4 is 0 Å². The molecule has 0 nitrogen and oxygen atoms in total. The largest absolute Gasteiger partial charge is 0.0628 e. The topological polar surface area (TPSA) is 0 Å². The van der Waals surface area contributed by atoms with Gasteiger partial charge in [0.2, 0.25) is 0 Å². The van der Waals surface area contributed by atoms with E-state index in [4.69, 9.17) is 0 Å². The lowest BCUT2D eigenvalue weighted by Gasteiger charge is -2.29. The van der Waals surface area contributed by atoms with Crippen LogP contribution in [0.1, 0.15) is 60.8 Å². The molecule has 0 aromatic rings. The van der Waals surface area contributed by atoms with Crippen molar-refractivity contribution in [1.82, 2.24) is 0 Å². The van der Waals surface area contributed by atoms with E-state index < -0.39 is 0 Å². The van der Waals surface area contributed by atoms with Crippen molar-refractivity contribution in [3.63, 3.8) is 0 Å². The summed E-state index contributed by atoms with van der Waals surface area (Å²) in [5.41, 5.74) is 0. The lowest BCUT2D eigenvalue weighted by atomic mass is 9.76. The van der Waals surface area contributed by atoms with Crippen LogP contribution in [0.2, 0.25) is 0 Å². The monoisotopic (exact) mass is 210 g/mol. The quantitative estimate of drug-likeness (QED) is 0.613. The van der Waals surface area contributed by atoms with Crippen molar-refractivity contribution < 1.29 is 0 Å². The van der Waals surface area contributed by atoms with Crippen LogP contribution >= 0.6 is 0 Å². The summed E-state index contributed by atoms with van der Waals surface area (Å²) in [5, 5.41) is 0. The Labute approximate surface area is 96.8 Å². The molecule has 1 aliphatic carbocycles. The molecule has 1 rings (SSSR count). The van der Waals surface area contributed by atoms with Crippen molar-refractivity contribution in [3.05, 3.63) is 0 Å². The van der Waals surface area contributed by atoms with E-state index in [0.717, 1.165) is 35.5 Å². The number of hydrogen-bond acceptors (Lipinski definition) is 0. The van der Waals surface area contributed by atoms with E-state index in [2.05, 4.69) is 41.5 Å². The molecule has 0 aromatic heterocycles. The first-order valence-electron chi connectivity index (χ1n) is 6.91. The average molecular weight is 210 g/mol. The molecule has 0 heterocycles. The first-order valence-corrected chi connectivity index (χ1v) is 6.91. The van der Waals surface area contributed by atoms with Crippen LogP contribution in [0, 0.1) is 35.5 Å². The van der Waals surface area contributed by atoms with Crippen LogP contribution in [-0.2, 0) is 0 Å². The maximum atomic E-state index is 2.47. The fourth-order valence-corrected chi connectivity index (χ4v) is 3.46. The lowest BCUT2D eigenvalue weighted by Crippen LogP contribution is -2.22. The van der Waals surface area contributed by atoms with Gasteiger partial charge >= 0.3 is 0 Å². The molecule has 0 radical (unpaired) electrons. The second-order valence-corrected chi connectivity index (χ2v) is 6.73. The molecule has 15 heavy (non-hydrogen) atoms. The highest BCUT2D eigenvalue weighted by Crippen LogP contribution is 2.45. The summed E-state index contributed by atoms with van der Waals surface area (Å²) in [4.78, 5) is 0. The van der Waals surface area contributed by atoms with Gasteiger partial charge in [0.15, 0.2) is 0 Å². The minimum atomic E-state index is 0.856. The van der Waals surface area contributed by atoms with Crippen LogP contribution < -0.4 is 0 Å². The molecular formula is C15H30. The zero-order valence-corrected chi connectivity index (χ0v) is 11.6. The van der Waals surface area contributed by atoms with Crippen LogP contribution in [0.4, 0.5) is 0 Å². The Hall–Kier alpha value is 0. The maximum absolute atomic E-state index is 2.47. The molecule has 1 aliphatic rings. The zero-order valence-electron chi connectivity index (χ0n) is 11.6. The van der Waals surface area contributed by atoms with Crippen molar-refractivity contribution in [2.75, 3.05) is 0 Å².